The van der Waals surface area contributed by atoms with E-state index in [2.05, 4.69) is 19.1 Å². The fourth-order valence-corrected chi connectivity index (χ4v) is 2.13. The van der Waals surface area contributed by atoms with Gasteiger partial charge in [-0.3, -0.25) is 0 Å². The van der Waals surface area contributed by atoms with Crippen molar-refractivity contribution in [2.75, 3.05) is 0 Å². The van der Waals surface area contributed by atoms with E-state index in [1.807, 2.05) is 11.3 Å². The molecule has 2 N–H and O–H groups in total. The summed E-state index contributed by atoms with van der Waals surface area (Å²) in [6.45, 7) is 2.13. The predicted molar refractivity (Wildman–Crippen MR) is 58.8 cm³/mol. The lowest BCUT2D eigenvalue weighted by atomic mass is 10.2. The smallest absolute Gasteiger partial charge is 0.0727 e. The molecular weight excluding hydrogens is 186 g/mol. The van der Waals surface area contributed by atoms with E-state index >= 15 is 0 Å². The van der Waals surface area contributed by atoms with E-state index < -0.39 is 0 Å². The molecule has 12 heavy (non-hydrogen) atoms. The second-order valence-electron chi connectivity index (χ2n) is 2.83. The van der Waals surface area contributed by atoms with Crippen molar-refractivity contribution in [3.8, 4) is 0 Å². The fraction of sp³-hybridized carbons (Fsp3) is 0.444. The van der Waals surface area contributed by atoms with E-state index in [4.69, 9.17) is 18.0 Å². The summed E-state index contributed by atoms with van der Waals surface area (Å²) in [5.41, 5.74) is 5.40. The Morgan fingerprint density at radius 3 is 2.83 bits per heavy atom. The molecule has 0 aliphatic heterocycles. The second kappa shape index (κ2) is 4.58. The minimum atomic E-state index is 0.628. The van der Waals surface area contributed by atoms with Crippen molar-refractivity contribution in [2.45, 2.75) is 26.2 Å². The van der Waals surface area contributed by atoms with Gasteiger partial charge in [-0.05, 0) is 38.3 Å². The van der Waals surface area contributed by atoms with Gasteiger partial charge in [0, 0.05) is 9.75 Å². The van der Waals surface area contributed by atoms with E-state index in [9.17, 15) is 0 Å². The van der Waals surface area contributed by atoms with Crippen LogP contribution in [0.2, 0.25) is 0 Å². The van der Waals surface area contributed by atoms with Crippen molar-refractivity contribution in [3.63, 3.8) is 0 Å². The lowest BCUT2D eigenvalue weighted by molar-refractivity contribution is 0.881. The molecule has 0 aliphatic carbocycles. The van der Waals surface area contributed by atoms with Gasteiger partial charge in [0.25, 0.3) is 0 Å². The maximum atomic E-state index is 5.40. The quantitative estimate of drug-likeness (QED) is 0.754. The third kappa shape index (κ3) is 3.32. The van der Waals surface area contributed by atoms with E-state index in [1.54, 1.807) is 0 Å². The Morgan fingerprint density at radius 2 is 2.33 bits per heavy atom. The van der Waals surface area contributed by atoms with Crippen LogP contribution in [0.5, 0.6) is 0 Å². The van der Waals surface area contributed by atoms with E-state index in [-0.39, 0.29) is 0 Å². The summed E-state index contributed by atoms with van der Waals surface area (Å²) in [7, 11) is 0. The van der Waals surface area contributed by atoms with Gasteiger partial charge in [-0.15, -0.1) is 11.3 Å². The highest BCUT2D eigenvalue weighted by molar-refractivity contribution is 7.80. The van der Waals surface area contributed by atoms with Crippen LogP contribution in [0.4, 0.5) is 0 Å². The highest BCUT2D eigenvalue weighted by Crippen LogP contribution is 2.17. The lowest BCUT2D eigenvalue weighted by Crippen LogP contribution is -2.07. The Labute approximate surface area is 82.6 Å². The number of rotatable bonds is 4. The summed E-state index contributed by atoms with van der Waals surface area (Å²) in [5.74, 6) is 0. The standard InChI is InChI=1S/C9H13NS2/c1-7-5-6-8(12-7)3-2-4-9(10)11/h5-6H,2-4H2,1H3,(H2,10,11). The zero-order valence-electron chi connectivity index (χ0n) is 7.17. The molecule has 0 radical (unpaired) electrons. The second-order valence-corrected chi connectivity index (χ2v) is 4.73. The van der Waals surface area contributed by atoms with Crippen LogP contribution in [0.15, 0.2) is 12.1 Å². The molecular formula is C9H13NS2. The van der Waals surface area contributed by atoms with Crippen LogP contribution < -0.4 is 5.73 Å². The minimum absolute atomic E-state index is 0.628. The van der Waals surface area contributed by atoms with Crippen LogP contribution in [0.25, 0.3) is 0 Å². The average molecular weight is 199 g/mol. The third-order valence-corrected chi connectivity index (χ3v) is 2.91. The molecule has 3 heteroatoms. The molecule has 0 unspecified atom stereocenters. The van der Waals surface area contributed by atoms with Crippen molar-refractivity contribution in [1.29, 1.82) is 0 Å². The Balaban J connectivity index is 2.29. The zero-order valence-corrected chi connectivity index (χ0v) is 8.80. The monoisotopic (exact) mass is 199 g/mol. The highest BCUT2D eigenvalue weighted by Gasteiger charge is 1.96. The van der Waals surface area contributed by atoms with Crippen molar-refractivity contribution in [2.24, 2.45) is 5.73 Å². The molecule has 0 amide bonds. The van der Waals surface area contributed by atoms with Crippen molar-refractivity contribution in [1.82, 2.24) is 0 Å². The summed E-state index contributed by atoms with van der Waals surface area (Å²) >= 11 is 6.65. The van der Waals surface area contributed by atoms with Gasteiger partial charge in [0.2, 0.25) is 0 Å². The van der Waals surface area contributed by atoms with Crippen LogP contribution in [0.1, 0.15) is 22.6 Å². The Kier molecular flexibility index (Phi) is 3.69. The summed E-state index contributed by atoms with van der Waals surface area (Å²) in [6.07, 6.45) is 3.05. The van der Waals surface area contributed by atoms with Gasteiger partial charge < -0.3 is 5.73 Å². The molecule has 0 saturated heterocycles. The van der Waals surface area contributed by atoms with Gasteiger partial charge in [-0.25, -0.2) is 0 Å². The normalized spacial score (nSPS) is 10.1. The molecule has 1 nitrogen and oxygen atoms in total. The minimum Gasteiger partial charge on any atom is -0.393 e. The largest absolute Gasteiger partial charge is 0.393 e. The Bertz CT molecular complexity index is 265. The van der Waals surface area contributed by atoms with Gasteiger partial charge in [-0.1, -0.05) is 12.2 Å². The van der Waals surface area contributed by atoms with Crippen LogP contribution in [-0.2, 0) is 6.42 Å². The van der Waals surface area contributed by atoms with Crippen LogP contribution in [0.3, 0.4) is 0 Å². The Morgan fingerprint density at radius 1 is 1.58 bits per heavy atom. The van der Waals surface area contributed by atoms with Crippen molar-refractivity contribution >= 4 is 28.5 Å². The van der Waals surface area contributed by atoms with E-state index in [0.29, 0.717) is 4.99 Å². The molecule has 0 fully saturated rings. The zero-order chi connectivity index (χ0) is 8.97. The number of thiophene rings is 1. The number of nitrogens with two attached hydrogens (primary N) is 1. The summed E-state index contributed by atoms with van der Waals surface area (Å²) in [4.78, 5) is 3.44. The summed E-state index contributed by atoms with van der Waals surface area (Å²) < 4.78 is 0. The SMILES string of the molecule is Cc1ccc(CCCC(N)=S)s1. The first-order valence-corrected chi connectivity index (χ1v) is 5.24. The molecule has 1 rings (SSSR count). The van der Waals surface area contributed by atoms with Crippen LogP contribution in [-0.4, -0.2) is 4.99 Å². The van der Waals surface area contributed by atoms with Gasteiger partial charge in [0.15, 0.2) is 0 Å². The van der Waals surface area contributed by atoms with Gasteiger partial charge in [0.05, 0.1) is 4.99 Å². The first-order chi connectivity index (χ1) is 5.68. The van der Waals surface area contributed by atoms with Crippen molar-refractivity contribution < 1.29 is 0 Å². The summed E-state index contributed by atoms with van der Waals surface area (Å²) in [5, 5.41) is 0. The van der Waals surface area contributed by atoms with Crippen LogP contribution >= 0.6 is 23.6 Å². The van der Waals surface area contributed by atoms with E-state index in [0.717, 1.165) is 19.3 Å². The Hall–Kier alpha value is -0.410. The topological polar surface area (TPSA) is 26.0 Å². The van der Waals surface area contributed by atoms with Gasteiger partial charge in [-0.2, -0.15) is 0 Å². The molecule has 0 bridgehead atoms. The highest BCUT2D eigenvalue weighted by atomic mass is 32.1. The lowest BCUT2D eigenvalue weighted by Gasteiger charge is -1.95. The predicted octanol–water partition coefficient (Wildman–Crippen LogP) is 2.67. The molecule has 0 saturated carbocycles. The van der Waals surface area contributed by atoms with Gasteiger partial charge in [0.1, 0.15) is 0 Å². The molecule has 0 aliphatic rings. The molecule has 0 atom stereocenters. The number of hydrogen-bond donors (Lipinski definition) is 1. The number of hydrogen-bond acceptors (Lipinski definition) is 2. The molecule has 1 aromatic rings. The molecule has 0 spiro atoms. The molecule has 66 valence electrons. The van der Waals surface area contributed by atoms with E-state index in [1.165, 1.54) is 9.75 Å². The molecule has 1 heterocycles. The fourth-order valence-electron chi connectivity index (χ4n) is 1.06. The number of aryl methyl sites for hydroxylation is 2. The molecule has 0 aromatic carbocycles. The first-order valence-electron chi connectivity index (χ1n) is 4.02. The van der Waals surface area contributed by atoms with Crippen molar-refractivity contribution in [3.05, 3.63) is 21.9 Å². The van der Waals surface area contributed by atoms with Gasteiger partial charge >= 0.3 is 0 Å². The molecule has 1 aromatic heterocycles. The maximum Gasteiger partial charge on any atom is 0.0727 e. The average Bonchev–Trinajstić information content (AvgIpc) is 2.35. The summed E-state index contributed by atoms with van der Waals surface area (Å²) in [6, 6.07) is 4.33. The maximum absolute atomic E-state index is 5.40. The number of thiocarbonyl (C=S) groups is 1. The first kappa shape index (κ1) is 9.68. The van der Waals surface area contributed by atoms with Crippen LogP contribution in [0, 0.1) is 6.92 Å². The third-order valence-electron chi connectivity index (χ3n) is 1.64.